The topological polar surface area (TPSA) is 21.3 Å². The predicted molar refractivity (Wildman–Crippen MR) is 62.0 cm³/mol. The standard InChI is InChI=1S/C13H18FNO/c1-2-15-8-11-5-12(14)7-13(6-11)16-9-10-3-4-10/h5-7,10,15H,2-4,8-9H2,1H3. The summed E-state index contributed by atoms with van der Waals surface area (Å²) in [4.78, 5) is 0. The molecule has 2 rings (SSSR count). The van der Waals surface area contributed by atoms with Crippen LogP contribution in [0.5, 0.6) is 5.75 Å². The van der Waals surface area contributed by atoms with E-state index in [1.54, 1.807) is 6.07 Å². The maximum Gasteiger partial charge on any atom is 0.127 e. The third-order valence-corrected chi connectivity index (χ3v) is 2.69. The Balaban J connectivity index is 1.96. The van der Waals surface area contributed by atoms with Crippen molar-refractivity contribution in [2.75, 3.05) is 13.2 Å². The average molecular weight is 223 g/mol. The van der Waals surface area contributed by atoms with Crippen molar-refractivity contribution in [2.45, 2.75) is 26.3 Å². The summed E-state index contributed by atoms with van der Waals surface area (Å²) in [6.45, 7) is 4.33. The van der Waals surface area contributed by atoms with Crippen molar-refractivity contribution in [2.24, 2.45) is 5.92 Å². The Morgan fingerprint density at radius 2 is 2.19 bits per heavy atom. The van der Waals surface area contributed by atoms with Crippen LogP contribution in [-0.2, 0) is 6.54 Å². The number of ether oxygens (including phenoxy) is 1. The molecule has 0 radical (unpaired) electrons. The molecule has 1 aliphatic rings. The van der Waals surface area contributed by atoms with Crippen LogP contribution in [0.15, 0.2) is 18.2 Å². The van der Waals surface area contributed by atoms with Gasteiger partial charge in [0.05, 0.1) is 6.61 Å². The molecule has 88 valence electrons. The Labute approximate surface area is 95.8 Å². The minimum absolute atomic E-state index is 0.221. The van der Waals surface area contributed by atoms with Crippen LogP contribution in [0.3, 0.4) is 0 Å². The van der Waals surface area contributed by atoms with Crippen LogP contribution >= 0.6 is 0 Å². The summed E-state index contributed by atoms with van der Waals surface area (Å²) >= 11 is 0. The zero-order valence-corrected chi connectivity index (χ0v) is 9.63. The van der Waals surface area contributed by atoms with Crippen LogP contribution in [0.25, 0.3) is 0 Å². The van der Waals surface area contributed by atoms with Gasteiger partial charge in [0.1, 0.15) is 11.6 Å². The molecule has 16 heavy (non-hydrogen) atoms. The van der Waals surface area contributed by atoms with E-state index >= 15 is 0 Å². The lowest BCUT2D eigenvalue weighted by Gasteiger charge is -2.08. The van der Waals surface area contributed by atoms with E-state index < -0.39 is 0 Å². The van der Waals surface area contributed by atoms with Gasteiger partial charge < -0.3 is 10.1 Å². The molecule has 0 amide bonds. The van der Waals surface area contributed by atoms with Gasteiger partial charge in [-0.3, -0.25) is 0 Å². The summed E-state index contributed by atoms with van der Waals surface area (Å²) in [6.07, 6.45) is 2.50. The van der Waals surface area contributed by atoms with Crippen LogP contribution in [0, 0.1) is 11.7 Å². The van der Waals surface area contributed by atoms with Crippen molar-refractivity contribution < 1.29 is 9.13 Å². The molecule has 1 aliphatic carbocycles. The Morgan fingerprint density at radius 1 is 1.38 bits per heavy atom. The lowest BCUT2D eigenvalue weighted by Crippen LogP contribution is -2.12. The number of hydrogen-bond donors (Lipinski definition) is 1. The second-order valence-electron chi connectivity index (χ2n) is 4.33. The molecular weight excluding hydrogens is 205 g/mol. The highest BCUT2D eigenvalue weighted by Crippen LogP contribution is 2.29. The molecule has 2 nitrogen and oxygen atoms in total. The van der Waals surface area contributed by atoms with E-state index in [-0.39, 0.29) is 5.82 Å². The minimum Gasteiger partial charge on any atom is -0.493 e. The average Bonchev–Trinajstić information content (AvgIpc) is 3.07. The zero-order chi connectivity index (χ0) is 11.4. The van der Waals surface area contributed by atoms with Crippen molar-refractivity contribution in [3.05, 3.63) is 29.6 Å². The van der Waals surface area contributed by atoms with Gasteiger partial charge in [-0.25, -0.2) is 4.39 Å². The maximum atomic E-state index is 13.3. The summed E-state index contributed by atoms with van der Waals surface area (Å²) in [5.41, 5.74) is 0.938. The molecule has 1 saturated carbocycles. The number of nitrogens with one attached hydrogen (secondary N) is 1. The number of halogens is 1. The van der Waals surface area contributed by atoms with Crippen molar-refractivity contribution in [3.63, 3.8) is 0 Å². The molecule has 1 aromatic rings. The van der Waals surface area contributed by atoms with Gasteiger partial charge in [0, 0.05) is 12.6 Å². The number of rotatable bonds is 6. The summed E-state index contributed by atoms with van der Waals surface area (Å²) in [5.74, 6) is 1.13. The molecule has 0 aliphatic heterocycles. The SMILES string of the molecule is CCNCc1cc(F)cc(OCC2CC2)c1. The maximum absolute atomic E-state index is 13.3. The molecule has 1 aromatic carbocycles. The lowest BCUT2D eigenvalue weighted by atomic mass is 10.2. The highest BCUT2D eigenvalue weighted by Gasteiger charge is 2.21. The van der Waals surface area contributed by atoms with E-state index in [4.69, 9.17) is 4.74 Å². The number of hydrogen-bond acceptors (Lipinski definition) is 2. The molecule has 0 atom stereocenters. The van der Waals surface area contributed by atoms with Crippen molar-refractivity contribution in [1.29, 1.82) is 0 Å². The van der Waals surface area contributed by atoms with Crippen molar-refractivity contribution in [3.8, 4) is 5.75 Å². The Morgan fingerprint density at radius 3 is 2.88 bits per heavy atom. The van der Waals surface area contributed by atoms with Gasteiger partial charge in [-0.1, -0.05) is 6.92 Å². The first-order chi connectivity index (χ1) is 7.78. The molecule has 0 bridgehead atoms. The summed E-state index contributed by atoms with van der Waals surface area (Å²) in [5, 5.41) is 3.17. The van der Waals surface area contributed by atoms with E-state index in [0.717, 1.165) is 18.7 Å². The third kappa shape index (κ3) is 3.49. The van der Waals surface area contributed by atoms with Crippen molar-refractivity contribution >= 4 is 0 Å². The quantitative estimate of drug-likeness (QED) is 0.800. The summed E-state index contributed by atoms with van der Waals surface area (Å²) in [7, 11) is 0. The van der Waals surface area contributed by atoms with Gasteiger partial charge in [-0.15, -0.1) is 0 Å². The smallest absolute Gasteiger partial charge is 0.127 e. The Bertz CT molecular complexity index is 350. The van der Waals surface area contributed by atoms with E-state index in [9.17, 15) is 4.39 Å². The van der Waals surface area contributed by atoms with Gasteiger partial charge in [-0.2, -0.15) is 0 Å². The molecule has 1 N–H and O–H groups in total. The first kappa shape index (κ1) is 11.4. The molecule has 0 spiro atoms. The Kier molecular flexibility index (Phi) is 3.78. The largest absolute Gasteiger partial charge is 0.493 e. The van der Waals surface area contributed by atoms with E-state index in [2.05, 4.69) is 5.32 Å². The molecule has 0 heterocycles. The van der Waals surface area contributed by atoms with Gasteiger partial charge in [0.25, 0.3) is 0 Å². The molecule has 0 aromatic heterocycles. The molecule has 0 saturated heterocycles. The zero-order valence-electron chi connectivity index (χ0n) is 9.63. The number of benzene rings is 1. The second-order valence-corrected chi connectivity index (χ2v) is 4.33. The first-order valence-electron chi connectivity index (χ1n) is 5.91. The summed E-state index contributed by atoms with van der Waals surface area (Å²) in [6, 6.07) is 4.92. The third-order valence-electron chi connectivity index (χ3n) is 2.69. The predicted octanol–water partition coefficient (Wildman–Crippen LogP) is 2.72. The van der Waals surface area contributed by atoms with Crippen LogP contribution in [-0.4, -0.2) is 13.2 Å². The fourth-order valence-electron chi connectivity index (χ4n) is 1.57. The fraction of sp³-hybridized carbons (Fsp3) is 0.538. The molecule has 0 unspecified atom stereocenters. The summed E-state index contributed by atoms with van der Waals surface area (Å²) < 4.78 is 18.9. The van der Waals surface area contributed by atoms with Gasteiger partial charge in [0.2, 0.25) is 0 Å². The van der Waals surface area contributed by atoms with Crippen LogP contribution in [0.4, 0.5) is 4.39 Å². The highest BCUT2D eigenvalue weighted by molar-refractivity contribution is 5.29. The molecule has 3 heteroatoms. The van der Waals surface area contributed by atoms with Crippen LogP contribution in [0.2, 0.25) is 0 Å². The Hall–Kier alpha value is -1.09. The van der Waals surface area contributed by atoms with E-state index in [1.165, 1.54) is 18.9 Å². The van der Waals surface area contributed by atoms with Gasteiger partial charge >= 0.3 is 0 Å². The fourth-order valence-corrected chi connectivity index (χ4v) is 1.57. The molecule has 1 fully saturated rings. The van der Waals surface area contributed by atoms with Crippen molar-refractivity contribution in [1.82, 2.24) is 5.32 Å². The monoisotopic (exact) mass is 223 g/mol. The van der Waals surface area contributed by atoms with Gasteiger partial charge in [-0.05, 0) is 43.0 Å². The van der Waals surface area contributed by atoms with Gasteiger partial charge in [0.15, 0.2) is 0 Å². The lowest BCUT2D eigenvalue weighted by molar-refractivity contribution is 0.298. The normalized spacial score (nSPS) is 15.1. The van der Waals surface area contributed by atoms with Crippen LogP contribution in [0.1, 0.15) is 25.3 Å². The second kappa shape index (κ2) is 5.30. The molecular formula is C13H18FNO. The van der Waals surface area contributed by atoms with E-state index in [1.807, 2.05) is 13.0 Å². The van der Waals surface area contributed by atoms with Crippen LogP contribution < -0.4 is 10.1 Å². The minimum atomic E-state index is -0.221. The van der Waals surface area contributed by atoms with E-state index in [0.29, 0.717) is 18.2 Å². The first-order valence-corrected chi connectivity index (χ1v) is 5.91. The highest BCUT2D eigenvalue weighted by atomic mass is 19.1.